The summed E-state index contributed by atoms with van der Waals surface area (Å²) in [5.41, 5.74) is 13.5. The van der Waals surface area contributed by atoms with Gasteiger partial charge in [0, 0.05) is 51.0 Å². The fourth-order valence-corrected chi connectivity index (χ4v) is 4.98. The molecular formula is C31H42BN14O4. The minimum Gasteiger partial charge on any atom is -0.535 e. The van der Waals surface area contributed by atoms with E-state index in [-0.39, 0.29) is 26.7 Å². The number of hydrogen-bond acceptors (Lipinski definition) is 16. The summed E-state index contributed by atoms with van der Waals surface area (Å²) in [6.07, 6.45) is 9.84. The molecule has 0 atom stereocenters. The van der Waals surface area contributed by atoms with Gasteiger partial charge in [0.2, 0.25) is 11.9 Å². The number of hydrogen-bond donors (Lipinski definition) is 3. The van der Waals surface area contributed by atoms with Crippen molar-refractivity contribution in [1.29, 1.82) is 0 Å². The lowest BCUT2D eigenvalue weighted by Crippen LogP contribution is -2.37. The first kappa shape index (κ1) is 37.2. The zero-order chi connectivity index (χ0) is 33.3. The summed E-state index contributed by atoms with van der Waals surface area (Å²) in [6, 6.07) is 8.00. The Morgan fingerprint density at radius 1 is 0.720 bits per heavy atom. The molecule has 0 aromatic carbocycles. The number of rotatable bonds is 5. The maximum absolute atomic E-state index is 8.15. The van der Waals surface area contributed by atoms with Gasteiger partial charge in [0.15, 0.2) is 17.5 Å². The van der Waals surface area contributed by atoms with Crippen molar-refractivity contribution < 1.29 is 19.2 Å². The second-order valence-corrected chi connectivity index (χ2v) is 10.4. The summed E-state index contributed by atoms with van der Waals surface area (Å²) in [7, 11) is 0.550. The summed E-state index contributed by atoms with van der Waals surface area (Å²) in [5, 5.41) is 17.0. The highest BCUT2D eigenvalue weighted by molar-refractivity contribution is 6.17. The third kappa shape index (κ3) is 9.07. The van der Waals surface area contributed by atoms with Gasteiger partial charge in [0.05, 0.1) is 44.4 Å². The van der Waals surface area contributed by atoms with Gasteiger partial charge in [0.1, 0.15) is 22.6 Å². The van der Waals surface area contributed by atoms with E-state index < -0.39 is 0 Å². The number of nitrogens with zero attached hydrogens (tertiary/aromatic N) is 12. The van der Waals surface area contributed by atoms with E-state index in [1.54, 1.807) is 12.4 Å². The van der Waals surface area contributed by atoms with E-state index in [4.69, 9.17) is 30.9 Å². The molecule has 2 aliphatic heterocycles. The van der Waals surface area contributed by atoms with Crippen LogP contribution in [-0.4, -0.2) is 114 Å². The Balaban J connectivity index is 0.000000177. The highest BCUT2D eigenvalue weighted by atomic mass is 16.5. The summed E-state index contributed by atoms with van der Waals surface area (Å²) in [5.74, 6) is 4.03. The summed E-state index contributed by atoms with van der Waals surface area (Å²) >= 11 is 0. The first-order valence-electron chi connectivity index (χ1n) is 15.1. The molecule has 2 fully saturated rings. The van der Waals surface area contributed by atoms with Crippen molar-refractivity contribution in [2.24, 2.45) is 0 Å². The van der Waals surface area contributed by atoms with Gasteiger partial charge in [-0.15, -0.1) is 5.10 Å². The van der Waals surface area contributed by atoms with Crippen LogP contribution >= 0.6 is 0 Å². The molecule has 0 aliphatic carbocycles. The van der Waals surface area contributed by atoms with Crippen molar-refractivity contribution in [3.8, 4) is 17.1 Å². The predicted molar refractivity (Wildman–Crippen MR) is 191 cm³/mol. The molecule has 2 saturated heterocycles. The molecule has 19 heteroatoms. The van der Waals surface area contributed by atoms with E-state index in [9.17, 15) is 0 Å². The molecule has 1 radical (unpaired) electrons. The van der Waals surface area contributed by atoms with Crippen LogP contribution in [0.2, 0.25) is 0 Å². The molecule has 18 nitrogen and oxygen atoms in total. The standard InChI is InChI=1S/C14H15N7O.C11H14N4O.C4H5BN3O2.2CH4/c15-14-16-8-10(9-17-14)12-18-13(20-4-6-22-7-5-20)11-2-1-3-21(11)19-12;1-9-12-11(14-5-7-16-8-6-14)10-3-2-4-15(10)13-9;6-4-7-1-3(2-8-4)10-5-9;;/h1-3,8-9H,4-7H2,(H2,15,16,17);2-4H,5-8H2,1H3;1-2,9H,(H2,6,7,8);2*1H4. The first-order chi connectivity index (χ1) is 23.5. The second-order valence-electron chi connectivity index (χ2n) is 10.4. The number of ether oxygens (including phenoxy) is 2. The van der Waals surface area contributed by atoms with Crippen LogP contribution in [0.5, 0.6) is 5.75 Å². The van der Waals surface area contributed by atoms with Crippen LogP contribution in [0.4, 0.5) is 23.5 Å². The fourth-order valence-electron chi connectivity index (χ4n) is 4.98. The monoisotopic (exact) mass is 685 g/mol. The Morgan fingerprint density at radius 3 is 1.72 bits per heavy atom. The molecule has 0 saturated carbocycles. The van der Waals surface area contributed by atoms with Gasteiger partial charge in [-0.1, -0.05) is 14.9 Å². The molecular weight excluding hydrogens is 643 g/mol. The Labute approximate surface area is 290 Å². The van der Waals surface area contributed by atoms with Crippen molar-refractivity contribution in [3.63, 3.8) is 0 Å². The lowest BCUT2D eigenvalue weighted by Gasteiger charge is -2.28. The van der Waals surface area contributed by atoms with E-state index in [1.165, 1.54) is 12.4 Å². The molecule has 50 heavy (non-hydrogen) atoms. The zero-order valence-corrected chi connectivity index (χ0v) is 26.2. The molecule has 0 spiro atoms. The number of nitrogen functional groups attached to an aromatic ring is 2. The van der Waals surface area contributed by atoms with Crippen molar-refractivity contribution in [3.05, 3.63) is 67.3 Å². The van der Waals surface area contributed by atoms with Gasteiger partial charge >= 0.3 is 7.69 Å². The molecule has 263 valence electrons. The number of aromatic nitrogens is 10. The van der Waals surface area contributed by atoms with E-state index >= 15 is 0 Å². The quantitative estimate of drug-likeness (QED) is 0.220. The molecule has 5 N–H and O–H groups in total. The topological polar surface area (TPSA) is 218 Å². The van der Waals surface area contributed by atoms with Crippen LogP contribution in [0.1, 0.15) is 20.7 Å². The lowest BCUT2D eigenvalue weighted by atomic mass is 10.3. The maximum Gasteiger partial charge on any atom is 0.569 e. The van der Waals surface area contributed by atoms with Crippen LogP contribution in [0.25, 0.3) is 22.4 Å². The van der Waals surface area contributed by atoms with Crippen molar-refractivity contribution in [1.82, 2.24) is 49.1 Å². The van der Waals surface area contributed by atoms with Crippen LogP contribution in [0.15, 0.2) is 61.4 Å². The lowest BCUT2D eigenvalue weighted by molar-refractivity contribution is 0.122. The average Bonchev–Trinajstić information content (AvgIpc) is 3.80. The van der Waals surface area contributed by atoms with Gasteiger partial charge in [-0.05, 0) is 31.2 Å². The molecule has 8 heterocycles. The minimum atomic E-state index is 0. The molecule has 8 rings (SSSR count). The highest BCUT2D eigenvalue weighted by Gasteiger charge is 2.19. The van der Waals surface area contributed by atoms with Gasteiger partial charge in [-0.25, -0.2) is 38.9 Å². The Bertz CT molecular complexity index is 1910. The Morgan fingerprint density at radius 2 is 1.20 bits per heavy atom. The molecule has 6 aromatic rings. The number of anilines is 4. The SMILES string of the molecule is C.C.Cc1nc(N2CCOCC2)c2cccn2n1.Nc1ncc(-c2nc(N3CCOCC3)c3cccn3n2)cn1.Nc1ncc(O[B]O)cn1. The Kier molecular flexibility index (Phi) is 13.1. The minimum absolute atomic E-state index is 0. The fraction of sp³-hybridized carbons (Fsp3) is 0.355. The Hall–Kier alpha value is -5.66. The smallest absolute Gasteiger partial charge is 0.535 e. The normalized spacial score (nSPS) is 14.0. The third-order valence-corrected chi connectivity index (χ3v) is 7.24. The molecule has 0 unspecified atom stereocenters. The van der Waals surface area contributed by atoms with Gasteiger partial charge < -0.3 is 40.4 Å². The van der Waals surface area contributed by atoms with Gasteiger partial charge in [-0.2, -0.15) is 5.10 Å². The maximum atomic E-state index is 8.15. The van der Waals surface area contributed by atoms with Crippen molar-refractivity contribution in [2.45, 2.75) is 21.8 Å². The number of aryl methyl sites for hydroxylation is 1. The summed E-state index contributed by atoms with van der Waals surface area (Å²) in [6.45, 7) is 8.31. The van der Waals surface area contributed by atoms with Crippen LogP contribution in [0, 0.1) is 6.92 Å². The van der Waals surface area contributed by atoms with E-state index in [0.717, 1.165) is 73.4 Å². The van der Waals surface area contributed by atoms with Gasteiger partial charge in [-0.3, -0.25) is 0 Å². The third-order valence-electron chi connectivity index (χ3n) is 7.24. The van der Waals surface area contributed by atoms with E-state index in [2.05, 4.69) is 49.6 Å². The predicted octanol–water partition coefficient (Wildman–Crippen LogP) is 1.72. The number of nitrogens with two attached hydrogens (primary N) is 2. The van der Waals surface area contributed by atoms with Crippen molar-refractivity contribution in [2.75, 3.05) is 73.9 Å². The summed E-state index contributed by atoms with van der Waals surface area (Å²) < 4.78 is 19.0. The van der Waals surface area contributed by atoms with Crippen LogP contribution < -0.4 is 25.9 Å². The first-order valence-corrected chi connectivity index (χ1v) is 15.1. The summed E-state index contributed by atoms with van der Waals surface area (Å²) in [4.78, 5) is 29.0. The van der Waals surface area contributed by atoms with Gasteiger partial charge in [0.25, 0.3) is 0 Å². The van der Waals surface area contributed by atoms with E-state index in [1.807, 2.05) is 52.6 Å². The largest absolute Gasteiger partial charge is 0.569 e. The van der Waals surface area contributed by atoms with Crippen LogP contribution in [0.3, 0.4) is 0 Å². The molecule has 6 aromatic heterocycles. The highest BCUT2D eigenvalue weighted by Crippen LogP contribution is 2.24. The van der Waals surface area contributed by atoms with Crippen molar-refractivity contribution >= 4 is 42.3 Å². The average molecular weight is 686 g/mol. The number of fused-ring (bicyclic) bond motifs is 2. The molecule has 2 aliphatic rings. The van der Waals surface area contributed by atoms with E-state index in [0.29, 0.717) is 32.5 Å². The number of morpholine rings is 2. The molecule has 0 amide bonds. The molecule has 0 bridgehead atoms. The van der Waals surface area contributed by atoms with Crippen LogP contribution in [-0.2, 0) is 9.47 Å². The zero-order valence-electron chi connectivity index (χ0n) is 26.2. The second kappa shape index (κ2) is 17.7.